The third kappa shape index (κ3) is 5.20. The molecule has 120 valence electrons. The monoisotopic (exact) mass is 304 g/mol. The molecule has 1 aliphatic rings. The molecule has 9 heteroatoms. The van der Waals surface area contributed by atoms with Crippen LogP contribution in [0.25, 0.3) is 0 Å². The molecule has 3 atom stereocenters. The largest absolute Gasteiger partial charge is 0.480 e. The molecule has 0 aromatic heterocycles. The topological polar surface area (TPSA) is 125 Å². The van der Waals surface area contributed by atoms with Gasteiger partial charge in [-0.3, -0.25) is 4.79 Å². The first-order chi connectivity index (χ1) is 9.85. The summed E-state index contributed by atoms with van der Waals surface area (Å²) in [5.74, 6) is -1.77. The normalized spacial score (nSPS) is 21.3. The molecule has 0 radical (unpaired) electrons. The molecule has 0 saturated carbocycles. The van der Waals surface area contributed by atoms with Crippen molar-refractivity contribution >= 4 is 18.0 Å². The van der Waals surface area contributed by atoms with Crippen LogP contribution in [0.5, 0.6) is 0 Å². The van der Waals surface area contributed by atoms with Crippen molar-refractivity contribution in [3.63, 3.8) is 0 Å². The summed E-state index contributed by atoms with van der Waals surface area (Å²) in [5.41, 5.74) is 0. The summed E-state index contributed by atoms with van der Waals surface area (Å²) < 4.78 is 9.87. The van der Waals surface area contributed by atoms with Gasteiger partial charge in [-0.05, 0) is 6.92 Å². The average molecular weight is 304 g/mol. The number of carbonyl (C=O) groups is 3. The number of esters is 1. The first-order valence-corrected chi connectivity index (χ1v) is 6.50. The second-order valence-electron chi connectivity index (χ2n) is 4.73. The number of urea groups is 1. The van der Waals surface area contributed by atoms with Crippen molar-refractivity contribution in [1.29, 1.82) is 0 Å². The van der Waals surface area contributed by atoms with Crippen molar-refractivity contribution in [3.05, 3.63) is 0 Å². The van der Waals surface area contributed by atoms with Crippen LogP contribution in [0.3, 0.4) is 0 Å². The number of methoxy groups -OCH3 is 1. The summed E-state index contributed by atoms with van der Waals surface area (Å²) >= 11 is 0. The Morgan fingerprint density at radius 2 is 2.14 bits per heavy atom. The number of aliphatic hydroxyl groups is 1. The molecule has 0 aromatic carbocycles. The van der Waals surface area contributed by atoms with Gasteiger partial charge in [-0.2, -0.15) is 0 Å². The number of carboxylic acids is 1. The molecular formula is C12H20N2O7. The van der Waals surface area contributed by atoms with Crippen molar-refractivity contribution in [2.45, 2.75) is 31.6 Å². The van der Waals surface area contributed by atoms with E-state index in [1.165, 1.54) is 18.9 Å². The number of ether oxygens (including phenoxy) is 2. The van der Waals surface area contributed by atoms with E-state index in [2.05, 4.69) is 10.1 Å². The SMILES string of the molecule is COC(=O)CC1CN(C(=O)NC(C(=O)O)C(C)O)CCO1. The zero-order valence-corrected chi connectivity index (χ0v) is 11.9. The predicted molar refractivity (Wildman–Crippen MR) is 69.6 cm³/mol. The van der Waals surface area contributed by atoms with Crippen molar-refractivity contribution in [3.8, 4) is 0 Å². The summed E-state index contributed by atoms with van der Waals surface area (Å²) in [4.78, 5) is 35.4. The van der Waals surface area contributed by atoms with E-state index in [1.54, 1.807) is 0 Å². The van der Waals surface area contributed by atoms with Gasteiger partial charge in [-0.25, -0.2) is 9.59 Å². The average Bonchev–Trinajstić information content (AvgIpc) is 2.43. The number of morpholine rings is 1. The lowest BCUT2D eigenvalue weighted by Crippen LogP contribution is -2.56. The van der Waals surface area contributed by atoms with Gasteiger partial charge in [0.15, 0.2) is 6.04 Å². The second kappa shape index (κ2) is 7.79. The number of nitrogens with zero attached hydrogens (tertiary/aromatic N) is 1. The van der Waals surface area contributed by atoms with E-state index < -0.39 is 36.2 Å². The molecule has 3 N–H and O–H groups in total. The highest BCUT2D eigenvalue weighted by molar-refractivity contribution is 5.83. The molecule has 1 rings (SSSR count). The van der Waals surface area contributed by atoms with Crippen LogP contribution >= 0.6 is 0 Å². The number of carboxylic acid groups (broad SMARTS) is 1. The quantitative estimate of drug-likeness (QED) is 0.544. The summed E-state index contributed by atoms with van der Waals surface area (Å²) in [6.45, 7) is 1.93. The van der Waals surface area contributed by atoms with Gasteiger partial charge in [0.05, 0.1) is 32.3 Å². The molecule has 1 fully saturated rings. The molecule has 0 spiro atoms. The molecule has 0 aromatic rings. The first kappa shape index (κ1) is 17.2. The van der Waals surface area contributed by atoms with E-state index in [-0.39, 0.29) is 26.1 Å². The number of nitrogens with one attached hydrogen (secondary N) is 1. The maximum atomic E-state index is 12.0. The Morgan fingerprint density at radius 1 is 1.48 bits per heavy atom. The van der Waals surface area contributed by atoms with Gasteiger partial charge in [-0.1, -0.05) is 0 Å². The lowest BCUT2D eigenvalue weighted by Gasteiger charge is -2.33. The summed E-state index contributed by atoms with van der Waals surface area (Å²) in [7, 11) is 1.26. The number of aliphatic hydroxyl groups excluding tert-OH is 1. The second-order valence-corrected chi connectivity index (χ2v) is 4.73. The van der Waals surface area contributed by atoms with Crippen LogP contribution in [-0.4, -0.2) is 78.1 Å². The minimum atomic E-state index is -1.39. The number of amides is 2. The number of hydrogen-bond donors (Lipinski definition) is 3. The summed E-state index contributed by atoms with van der Waals surface area (Å²) in [5, 5.41) is 20.5. The number of hydrogen-bond acceptors (Lipinski definition) is 6. The number of carbonyl (C=O) groups excluding carboxylic acids is 2. The highest BCUT2D eigenvalue weighted by atomic mass is 16.5. The fourth-order valence-corrected chi connectivity index (χ4v) is 1.91. The number of rotatable bonds is 5. The van der Waals surface area contributed by atoms with E-state index in [0.29, 0.717) is 0 Å². The highest BCUT2D eigenvalue weighted by Crippen LogP contribution is 2.10. The Morgan fingerprint density at radius 3 is 2.67 bits per heavy atom. The molecule has 21 heavy (non-hydrogen) atoms. The van der Waals surface area contributed by atoms with Crippen molar-refractivity contribution in [2.24, 2.45) is 0 Å². The van der Waals surface area contributed by atoms with E-state index in [1.807, 2.05) is 0 Å². The molecule has 1 saturated heterocycles. The van der Waals surface area contributed by atoms with Crippen molar-refractivity contribution < 1.29 is 34.1 Å². The van der Waals surface area contributed by atoms with Crippen LogP contribution in [-0.2, 0) is 19.1 Å². The first-order valence-electron chi connectivity index (χ1n) is 6.50. The molecule has 1 heterocycles. The smallest absolute Gasteiger partial charge is 0.328 e. The third-order valence-electron chi connectivity index (χ3n) is 3.08. The third-order valence-corrected chi connectivity index (χ3v) is 3.08. The van der Waals surface area contributed by atoms with Crippen molar-refractivity contribution in [2.75, 3.05) is 26.8 Å². The summed E-state index contributed by atoms with van der Waals surface area (Å²) in [6, 6.07) is -2.01. The van der Waals surface area contributed by atoms with Gasteiger partial charge in [-0.15, -0.1) is 0 Å². The minimum Gasteiger partial charge on any atom is -0.480 e. The molecule has 2 amide bonds. The van der Waals surface area contributed by atoms with Gasteiger partial charge in [0.1, 0.15) is 0 Å². The molecule has 1 aliphatic heterocycles. The van der Waals surface area contributed by atoms with Crippen LogP contribution in [0, 0.1) is 0 Å². The minimum absolute atomic E-state index is 0.0129. The van der Waals surface area contributed by atoms with Crippen LogP contribution in [0.2, 0.25) is 0 Å². The zero-order chi connectivity index (χ0) is 16.0. The molecule has 0 aliphatic carbocycles. The van der Waals surface area contributed by atoms with Gasteiger partial charge < -0.3 is 29.9 Å². The Kier molecular flexibility index (Phi) is 6.38. The number of aliphatic carboxylic acids is 1. The Hall–Kier alpha value is -1.87. The van der Waals surface area contributed by atoms with Crippen LogP contribution in [0.1, 0.15) is 13.3 Å². The standard InChI is InChI=1S/C12H20N2O7/c1-7(15)10(11(17)18)13-12(19)14-3-4-21-8(6-14)5-9(16)20-2/h7-8,10,15H,3-6H2,1-2H3,(H,13,19)(H,17,18). The highest BCUT2D eigenvalue weighted by Gasteiger charge is 2.30. The predicted octanol–water partition coefficient (Wildman–Crippen LogP) is -1.21. The van der Waals surface area contributed by atoms with Crippen LogP contribution < -0.4 is 5.32 Å². The van der Waals surface area contributed by atoms with E-state index in [0.717, 1.165) is 0 Å². The Labute approximate surface area is 121 Å². The van der Waals surface area contributed by atoms with Gasteiger partial charge in [0.2, 0.25) is 0 Å². The van der Waals surface area contributed by atoms with Gasteiger partial charge >= 0.3 is 18.0 Å². The van der Waals surface area contributed by atoms with E-state index in [9.17, 15) is 19.5 Å². The fourth-order valence-electron chi connectivity index (χ4n) is 1.91. The molecule has 9 nitrogen and oxygen atoms in total. The maximum absolute atomic E-state index is 12.0. The molecule has 3 unspecified atom stereocenters. The van der Waals surface area contributed by atoms with Gasteiger partial charge in [0.25, 0.3) is 0 Å². The zero-order valence-electron chi connectivity index (χ0n) is 11.9. The van der Waals surface area contributed by atoms with E-state index in [4.69, 9.17) is 9.84 Å². The lowest BCUT2D eigenvalue weighted by atomic mass is 10.2. The fraction of sp³-hybridized carbons (Fsp3) is 0.750. The maximum Gasteiger partial charge on any atom is 0.328 e. The van der Waals surface area contributed by atoms with Crippen LogP contribution in [0.4, 0.5) is 4.79 Å². The Balaban J connectivity index is 2.57. The van der Waals surface area contributed by atoms with Crippen molar-refractivity contribution in [1.82, 2.24) is 10.2 Å². The van der Waals surface area contributed by atoms with Crippen LogP contribution in [0.15, 0.2) is 0 Å². The van der Waals surface area contributed by atoms with E-state index >= 15 is 0 Å². The summed E-state index contributed by atoms with van der Waals surface area (Å²) in [6.07, 6.45) is -1.70. The molecular weight excluding hydrogens is 284 g/mol. The Bertz CT molecular complexity index is 399. The van der Waals surface area contributed by atoms with Gasteiger partial charge in [0, 0.05) is 13.1 Å². The molecule has 0 bridgehead atoms. The lowest BCUT2D eigenvalue weighted by molar-refractivity contribution is -0.145.